The molecule has 2 rings (SSSR count). The Bertz CT molecular complexity index is 499. The number of aryl methyl sites for hydroxylation is 1. The van der Waals surface area contributed by atoms with Crippen LogP contribution in [0.1, 0.15) is 18.2 Å². The molecule has 4 nitrogen and oxygen atoms in total. The van der Waals surface area contributed by atoms with Crippen molar-refractivity contribution >= 4 is 21.7 Å². The largest absolute Gasteiger partial charge is 0.446 e. The summed E-state index contributed by atoms with van der Waals surface area (Å²) < 4.78 is 6.04. The molecule has 2 aromatic heterocycles. The van der Waals surface area contributed by atoms with Crippen LogP contribution in [0.25, 0.3) is 11.6 Å². The summed E-state index contributed by atoms with van der Waals surface area (Å²) in [5.41, 5.74) is 7.77. The first-order chi connectivity index (χ1) is 7.61. The lowest BCUT2D eigenvalue weighted by atomic mass is 10.1. The third-order valence-electron chi connectivity index (χ3n) is 2.39. The van der Waals surface area contributed by atoms with Crippen LogP contribution in [0, 0.1) is 6.92 Å². The second-order valence-electron chi connectivity index (χ2n) is 3.45. The predicted octanol–water partition coefficient (Wildman–Crippen LogP) is 2.95. The molecule has 0 saturated carbocycles. The van der Waals surface area contributed by atoms with E-state index in [2.05, 4.69) is 25.9 Å². The number of nitrogen functional groups attached to an aromatic ring is 1. The Morgan fingerprint density at radius 1 is 1.38 bits per heavy atom. The number of nitrogens with two attached hydrogens (primary N) is 1. The van der Waals surface area contributed by atoms with Crippen LogP contribution in [0.3, 0.4) is 0 Å². The van der Waals surface area contributed by atoms with Gasteiger partial charge in [-0.3, -0.25) is 0 Å². The third kappa shape index (κ3) is 1.95. The molecule has 0 radical (unpaired) electrons. The van der Waals surface area contributed by atoms with E-state index < -0.39 is 0 Å². The van der Waals surface area contributed by atoms with Gasteiger partial charge in [0.2, 0.25) is 0 Å². The smallest absolute Gasteiger partial charge is 0.197 e. The highest BCUT2D eigenvalue weighted by Crippen LogP contribution is 2.24. The minimum atomic E-state index is 0.525. The van der Waals surface area contributed by atoms with Crippen molar-refractivity contribution in [3.63, 3.8) is 0 Å². The fourth-order valence-electron chi connectivity index (χ4n) is 1.60. The number of hydrogen-bond donors (Lipinski definition) is 1. The number of furan rings is 1. The van der Waals surface area contributed by atoms with Gasteiger partial charge in [-0.15, -0.1) is 0 Å². The molecule has 0 unspecified atom stereocenters. The van der Waals surface area contributed by atoms with Gasteiger partial charge in [0.25, 0.3) is 0 Å². The first-order valence-electron chi connectivity index (χ1n) is 5.00. The van der Waals surface area contributed by atoms with E-state index in [0.717, 1.165) is 17.7 Å². The summed E-state index contributed by atoms with van der Waals surface area (Å²) in [4.78, 5) is 8.62. The predicted molar refractivity (Wildman–Crippen MR) is 66.0 cm³/mol. The molecule has 2 N–H and O–H groups in total. The quantitative estimate of drug-likeness (QED) is 0.919. The SMILES string of the molecule is CCc1c(C)nc(-c2ccc(Br)o2)nc1N. The lowest BCUT2D eigenvalue weighted by molar-refractivity contribution is 0.551. The minimum Gasteiger partial charge on any atom is -0.446 e. The molecule has 0 aliphatic heterocycles. The fourth-order valence-corrected chi connectivity index (χ4v) is 1.91. The van der Waals surface area contributed by atoms with Crippen LogP contribution >= 0.6 is 15.9 Å². The third-order valence-corrected chi connectivity index (χ3v) is 2.82. The van der Waals surface area contributed by atoms with Crippen molar-refractivity contribution in [2.75, 3.05) is 5.73 Å². The Morgan fingerprint density at radius 3 is 2.62 bits per heavy atom. The zero-order valence-electron chi connectivity index (χ0n) is 9.12. The molecule has 0 spiro atoms. The van der Waals surface area contributed by atoms with E-state index >= 15 is 0 Å². The number of nitrogens with zero attached hydrogens (tertiary/aromatic N) is 2. The van der Waals surface area contributed by atoms with Gasteiger partial charge in [0.05, 0.1) is 0 Å². The van der Waals surface area contributed by atoms with Crippen LogP contribution in [0.5, 0.6) is 0 Å². The standard InChI is InChI=1S/C11H12BrN3O/c1-3-7-6(2)14-11(15-10(7)13)8-4-5-9(12)16-8/h4-5H,3H2,1-2H3,(H2,13,14,15). The van der Waals surface area contributed by atoms with Gasteiger partial charge >= 0.3 is 0 Å². The molecule has 0 aromatic carbocycles. The summed E-state index contributed by atoms with van der Waals surface area (Å²) in [5, 5.41) is 0. The van der Waals surface area contributed by atoms with Gasteiger partial charge < -0.3 is 10.2 Å². The maximum Gasteiger partial charge on any atom is 0.197 e. The highest BCUT2D eigenvalue weighted by atomic mass is 79.9. The van der Waals surface area contributed by atoms with Crippen molar-refractivity contribution in [2.24, 2.45) is 0 Å². The Hall–Kier alpha value is -1.36. The van der Waals surface area contributed by atoms with Crippen molar-refractivity contribution in [2.45, 2.75) is 20.3 Å². The van der Waals surface area contributed by atoms with Crippen LogP contribution < -0.4 is 5.73 Å². The lowest BCUT2D eigenvalue weighted by Gasteiger charge is -2.06. The van der Waals surface area contributed by atoms with Crippen molar-refractivity contribution < 1.29 is 4.42 Å². The minimum absolute atomic E-state index is 0.525. The number of rotatable bonds is 2. The van der Waals surface area contributed by atoms with Gasteiger partial charge in [0, 0.05) is 11.3 Å². The van der Waals surface area contributed by atoms with Crippen LogP contribution in [0.15, 0.2) is 21.2 Å². The fraction of sp³-hybridized carbons (Fsp3) is 0.273. The van der Waals surface area contributed by atoms with E-state index in [9.17, 15) is 0 Å². The van der Waals surface area contributed by atoms with Crippen LogP contribution in [0.2, 0.25) is 0 Å². The van der Waals surface area contributed by atoms with E-state index in [1.807, 2.05) is 19.9 Å². The first-order valence-corrected chi connectivity index (χ1v) is 5.79. The molecular formula is C11H12BrN3O. The molecule has 84 valence electrons. The van der Waals surface area contributed by atoms with E-state index in [1.54, 1.807) is 6.07 Å². The molecular weight excluding hydrogens is 270 g/mol. The van der Waals surface area contributed by atoms with Crippen LogP contribution in [-0.2, 0) is 6.42 Å². The molecule has 0 saturated heterocycles. The molecule has 5 heteroatoms. The second-order valence-corrected chi connectivity index (χ2v) is 4.24. The van der Waals surface area contributed by atoms with Gasteiger partial charge in [-0.05, 0) is 41.4 Å². The van der Waals surface area contributed by atoms with Gasteiger partial charge in [-0.1, -0.05) is 6.92 Å². The molecule has 0 fully saturated rings. The Balaban J connectivity index is 2.52. The molecule has 2 heterocycles. The van der Waals surface area contributed by atoms with Crippen molar-refractivity contribution in [1.29, 1.82) is 0 Å². The highest BCUT2D eigenvalue weighted by molar-refractivity contribution is 9.10. The van der Waals surface area contributed by atoms with Crippen molar-refractivity contribution in [3.8, 4) is 11.6 Å². The molecule has 16 heavy (non-hydrogen) atoms. The van der Waals surface area contributed by atoms with Crippen LogP contribution in [0.4, 0.5) is 5.82 Å². The highest BCUT2D eigenvalue weighted by Gasteiger charge is 2.11. The number of anilines is 1. The van der Waals surface area contributed by atoms with Gasteiger partial charge in [0.1, 0.15) is 5.82 Å². The monoisotopic (exact) mass is 281 g/mol. The summed E-state index contributed by atoms with van der Waals surface area (Å²) in [6.45, 7) is 3.96. The van der Waals surface area contributed by atoms with Gasteiger partial charge in [0.15, 0.2) is 16.3 Å². The molecule has 0 aliphatic carbocycles. The molecule has 0 atom stereocenters. The number of hydrogen-bond acceptors (Lipinski definition) is 4. The number of aromatic nitrogens is 2. The second kappa shape index (κ2) is 4.25. The summed E-state index contributed by atoms with van der Waals surface area (Å²) in [7, 11) is 0. The normalized spacial score (nSPS) is 10.7. The molecule has 2 aromatic rings. The first kappa shape index (κ1) is 11.1. The zero-order chi connectivity index (χ0) is 11.7. The van der Waals surface area contributed by atoms with Gasteiger partial charge in [-0.25, -0.2) is 9.97 Å². The maximum absolute atomic E-state index is 5.87. The maximum atomic E-state index is 5.87. The van der Waals surface area contributed by atoms with E-state index in [4.69, 9.17) is 10.2 Å². The summed E-state index contributed by atoms with van der Waals surface area (Å²) >= 11 is 3.24. The topological polar surface area (TPSA) is 64.9 Å². The summed E-state index contributed by atoms with van der Waals surface area (Å²) in [5.74, 6) is 1.67. The average molecular weight is 282 g/mol. The Labute approximate surface area is 102 Å². The summed E-state index contributed by atoms with van der Waals surface area (Å²) in [6, 6.07) is 3.61. The van der Waals surface area contributed by atoms with Crippen molar-refractivity contribution in [1.82, 2.24) is 9.97 Å². The van der Waals surface area contributed by atoms with E-state index in [-0.39, 0.29) is 0 Å². The number of halogens is 1. The molecule has 0 aliphatic rings. The molecule has 0 bridgehead atoms. The Morgan fingerprint density at radius 2 is 2.12 bits per heavy atom. The van der Waals surface area contributed by atoms with Gasteiger partial charge in [-0.2, -0.15) is 0 Å². The van der Waals surface area contributed by atoms with Crippen LogP contribution in [-0.4, -0.2) is 9.97 Å². The lowest BCUT2D eigenvalue weighted by Crippen LogP contribution is -2.04. The average Bonchev–Trinajstić information content (AvgIpc) is 2.64. The zero-order valence-corrected chi connectivity index (χ0v) is 10.7. The van der Waals surface area contributed by atoms with E-state index in [0.29, 0.717) is 22.1 Å². The molecule has 0 amide bonds. The van der Waals surface area contributed by atoms with E-state index in [1.165, 1.54) is 0 Å². The Kier molecular flexibility index (Phi) is 2.96. The van der Waals surface area contributed by atoms with Crippen molar-refractivity contribution in [3.05, 3.63) is 28.1 Å². The summed E-state index contributed by atoms with van der Waals surface area (Å²) in [6.07, 6.45) is 0.833.